The highest BCUT2D eigenvalue weighted by molar-refractivity contribution is 4.79. The molecule has 86 valence electrons. The highest BCUT2D eigenvalue weighted by atomic mass is 16.5. The fraction of sp³-hybridized carbons (Fsp3) is 1.00. The fourth-order valence-corrected chi connectivity index (χ4v) is 1.37. The lowest BCUT2D eigenvalue weighted by atomic mass is 9.85. The summed E-state index contributed by atoms with van der Waals surface area (Å²) in [4.78, 5) is 0. The van der Waals surface area contributed by atoms with Crippen LogP contribution in [0.1, 0.15) is 33.6 Å². The van der Waals surface area contributed by atoms with Crippen LogP contribution in [0.5, 0.6) is 0 Å². The van der Waals surface area contributed by atoms with E-state index in [1.807, 2.05) is 6.92 Å². The smallest absolute Gasteiger partial charge is 0.0658 e. The highest BCUT2D eigenvalue weighted by Crippen LogP contribution is 2.23. The summed E-state index contributed by atoms with van der Waals surface area (Å²) >= 11 is 0. The second-order valence-corrected chi connectivity index (χ2v) is 4.14. The van der Waals surface area contributed by atoms with Crippen LogP contribution in [0.25, 0.3) is 0 Å². The molecule has 0 saturated carbocycles. The van der Waals surface area contributed by atoms with E-state index in [1.54, 1.807) is 7.11 Å². The zero-order valence-corrected chi connectivity index (χ0v) is 9.97. The maximum atomic E-state index is 10.1. The lowest BCUT2D eigenvalue weighted by Gasteiger charge is -2.30. The summed E-state index contributed by atoms with van der Waals surface area (Å²) in [6, 6.07) is 0. The Bertz CT molecular complexity index is 137. The Labute approximate surface area is 87.8 Å². The minimum atomic E-state index is -0.583. The van der Waals surface area contributed by atoms with Crippen molar-refractivity contribution in [2.24, 2.45) is 5.92 Å². The first kappa shape index (κ1) is 13.9. The van der Waals surface area contributed by atoms with Crippen molar-refractivity contribution < 1.29 is 9.84 Å². The number of hydrogen-bond donors (Lipinski definition) is 2. The molecule has 0 rings (SSSR count). The van der Waals surface area contributed by atoms with Gasteiger partial charge in [0.2, 0.25) is 0 Å². The quantitative estimate of drug-likeness (QED) is 0.586. The summed E-state index contributed by atoms with van der Waals surface area (Å²) in [6.07, 6.45) is 1.71. The molecule has 0 aromatic rings. The number of nitrogens with one attached hydrogen (secondary N) is 1. The number of aliphatic hydroxyl groups is 1. The summed E-state index contributed by atoms with van der Waals surface area (Å²) in [6.45, 7) is 8.61. The van der Waals surface area contributed by atoms with Crippen molar-refractivity contribution in [2.45, 2.75) is 39.2 Å². The zero-order chi connectivity index (χ0) is 11.0. The first-order valence-corrected chi connectivity index (χ1v) is 5.46. The van der Waals surface area contributed by atoms with Gasteiger partial charge in [0, 0.05) is 13.7 Å². The normalized spacial score (nSPS) is 17.8. The highest BCUT2D eigenvalue weighted by Gasteiger charge is 2.27. The maximum Gasteiger partial charge on any atom is 0.0658 e. The fourth-order valence-electron chi connectivity index (χ4n) is 1.37. The van der Waals surface area contributed by atoms with Crippen molar-refractivity contribution in [2.75, 3.05) is 26.8 Å². The molecule has 0 aromatic heterocycles. The summed E-state index contributed by atoms with van der Waals surface area (Å²) in [5.41, 5.74) is -0.583. The molecule has 2 atom stereocenters. The molecule has 3 heteroatoms. The summed E-state index contributed by atoms with van der Waals surface area (Å²) in [5, 5.41) is 13.4. The molecule has 2 N–H and O–H groups in total. The predicted molar refractivity (Wildman–Crippen MR) is 59.4 cm³/mol. The molecule has 0 aliphatic carbocycles. The van der Waals surface area contributed by atoms with E-state index >= 15 is 0 Å². The van der Waals surface area contributed by atoms with Gasteiger partial charge in [-0.2, -0.15) is 0 Å². The largest absolute Gasteiger partial charge is 0.390 e. The van der Waals surface area contributed by atoms with Crippen LogP contribution < -0.4 is 5.32 Å². The maximum absolute atomic E-state index is 10.1. The van der Waals surface area contributed by atoms with Gasteiger partial charge in [0.05, 0.1) is 5.60 Å². The van der Waals surface area contributed by atoms with E-state index in [2.05, 4.69) is 19.2 Å². The lowest BCUT2D eigenvalue weighted by molar-refractivity contribution is -0.0125. The Morgan fingerprint density at radius 3 is 2.64 bits per heavy atom. The first-order chi connectivity index (χ1) is 6.54. The first-order valence-electron chi connectivity index (χ1n) is 5.46. The van der Waals surface area contributed by atoms with Crippen LogP contribution in [0.15, 0.2) is 0 Å². The van der Waals surface area contributed by atoms with Crippen LogP contribution in [-0.2, 0) is 4.74 Å². The van der Waals surface area contributed by atoms with Crippen LogP contribution >= 0.6 is 0 Å². The molecule has 0 aromatic carbocycles. The molecule has 0 bridgehead atoms. The third-order valence-electron chi connectivity index (χ3n) is 2.87. The standard InChI is InChI=1S/C11H25NO2/c1-5-12-8-7-11(3,13)10(2)6-9-14-4/h10,12-13H,5-9H2,1-4H3. The van der Waals surface area contributed by atoms with Gasteiger partial charge in [0.15, 0.2) is 0 Å². The van der Waals surface area contributed by atoms with Crippen molar-refractivity contribution in [3.05, 3.63) is 0 Å². The molecule has 0 heterocycles. The van der Waals surface area contributed by atoms with E-state index < -0.39 is 5.60 Å². The van der Waals surface area contributed by atoms with Gasteiger partial charge in [0.25, 0.3) is 0 Å². The van der Waals surface area contributed by atoms with Crippen molar-refractivity contribution in [3.8, 4) is 0 Å². The minimum Gasteiger partial charge on any atom is -0.390 e. The van der Waals surface area contributed by atoms with E-state index in [4.69, 9.17) is 4.74 Å². The third-order valence-corrected chi connectivity index (χ3v) is 2.87. The van der Waals surface area contributed by atoms with Gasteiger partial charge in [-0.05, 0) is 38.8 Å². The number of hydrogen-bond acceptors (Lipinski definition) is 3. The molecule has 3 nitrogen and oxygen atoms in total. The Kier molecular flexibility index (Phi) is 7.15. The summed E-state index contributed by atoms with van der Waals surface area (Å²) in [5.74, 6) is 0.279. The predicted octanol–water partition coefficient (Wildman–Crippen LogP) is 1.41. The molecule has 2 unspecified atom stereocenters. The van der Waals surface area contributed by atoms with Crippen LogP contribution in [-0.4, -0.2) is 37.5 Å². The molecule has 0 spiro atoms. The van der Waals surface area contributed by atoms with Gasteiger partial charge < -0.3 is 15.2 Å². The van der Waals surface area contributed by atoms with Crippen molar-refractivity contribution in [1.82, 2.24) is 5.32 Å². The molecule has 0 fully saturated rings. The molecular weight excluding hydrogens is 178 g/mol. The molecule has 0 aliphatic heterocycles. The van der Waals surface area contributed by atoms with E-state index in [0.717, 1.165) is 32.5 Å². The molecule has 14 heavy (non-hydrogen) atoms. The Morgan fingerprint density at radius 2 is 2.14 bits per heavy atom. The SMILES string of the molecule is CCNCCC(C)(O)C(C)CCOC. The van der Waals surface area contributed by atoms with Gasteiger partial charge >= 0.3 is 0 Å². The van der Waals surface area contributed by atoms with E-state index in [1.165, 1.54) is 0 Å². The number of ether oxygens (including phenoxy) is 1. The van der Waals surface area contributed by atoms with Crippen LogP contribution in [0, 0.1) is 5.92 Å². The van der Waals surface area contributed by atoms with Crippen LogP contribution in [0.3, 0.4) is 0 Å². The van der Waals surface area contributed by atoms with E-state index in [9.17, 15) is 5.11 Å². The average Bonchev–Trinajstić information content (AvgIpc) is 2.14. The monoisotopic (exact) mass is 203 g/mol. The second-order valence-electron chi connectivity index (χ2n) is 4.14. The summed E-state index contributed by atoms with van der Waals surface area (Å²) < 4.78 is 5.01. The van der Waals surface area contributed by atoms with E-state index in [-0.39, 0.29) is 5.92 Å². The Balaban J connectivity index is 3.77. The van der Waals surface area contributed by atoms with Gasteiger partial charge in [-0.25, -0.2) is 0 Å². The Hall–Kier alpha value is -0.120. The van der Waals surface area contributed by atoms with Gasteiger partial charge in [0.1, 0.15) is 0 Å². The molecule has 0 amide bonds. The van der Waals surface area contributed by atoms with E-state index in [0.29, 0.717) is 0 Å². The van der Waals surface area contributed by atoms with Crippen LogP contribution in [0.4, 0.5) is 0 Å². The number of rotatable bonds is 8. The van der Waals surface area contributed by atoms with Crippen molar-refractivity contribution in [1.29, 1.82) is 0 Å². The molecule has 0 aliphatic rings. The molecule has 0 radical (unpaired) electrons. The summed E-state index contributed by atoms with van der Waals surface area (Å²) in [7, 11) is 1.69. The van der Waals surface area contributed by atoms with Crippen molar-refractivity contribution in [3.63, 3.8) is 0 Å². The van der Waals surface area contributed by atoms with Gasteiger partial charge in [-0.3, -0.25) is 0 Å². The molecular formula is C11H25NO2. The van der Waals surface area contributed by atoms with Crippen LogP contribution in [0.2, 0.25) is 0 Å². The zero-order valence-electron chi connectivity index (χ0n) is 9.97. The van der Waals surface area contributed by atoms with Gasteiger partial charge in [-0.1, -0.05) is 13.8 Å². The van der Waals surface area contributed by atoms with Gasteiger partial charge in [-0.15, -0.1) is 0 Å². The molecule has 0 saturated heterocycles. The topological polar surface area (TPSA) is 41.5 Å². The Morgan fingerprint density at radius 1 is 1.50 bits per heavy atom. The third kappa shape index (κ3) is 5.58. The minimum absolute atomic E-state index is 0.279. The van der Waals surface area contributed by atoms with Crippen molar-refractivity contribution >= 4 is 0 Å². The lowest BCUT2D eigenvalue weighted by Crippen LogP contribution is -2.36. The average molecular weight is 203 g/mol. The second kappa shape index (κ2) is 7.21. The number of methoxy groups -OCH3 is 1.